The summed E-state index contributed by atoms with van der Waals surface area (Å²) in [5.41, 5.74) is 3.68. The predicted octanol–water partition coefficient (Wildman–Crippen LogP) is -1.26. The van der Waals surface area contributed by atoms with Gasteiger partial charge in [-0.15, -0.1) is 0 Å². The molecule has 0 unspecified atom stereocenters. The van der Waals surface area contributed by atoms with Crippen molar-refractivity contribution in [1.82, 2.24) is 15.2 Å². The summed E-state index contributed by atoms with van der Waals surface area (Å²) < 4.78 is 0. The predicted molar refractivity (Wildman–Crippen MR) is 86.6 cm³/mol. The van der Waals surface area contributed by atoms with E-state index >= 15 is 0 Å². The van der Waals surface area contributed by atoms with Crippen LogP contribution in [0.3, 0.4) is 0 Å². The monoisotopic (exact) mass is 414 g/mol. The number of aliphatic imine (C=N–C) groups is 1. The first kappa shape index (κ1) is 17.1. The van der Waals surface area contributed by atoms with Gasteiger partial charge in [0.2, 0.25) is 0 Å². The van der Waals surface area contributed by atoms with Crippen LogP contribution >= 0.6 is 0 Å². The van der Waals surface area contributed by atoms with Gasteiger partial charge in [0.05, 0.1) is 6.54 Å². The van der Waals surface area contributed by atoms with E-state index in [1.807, 2.05) is 6.07 Å². The molecule has 3 N–H and O–H groups in total. The largest absolute Gasteiger partial charge is 1.00 e. The Hall–Kier alpha value is -1.28. The van der Waals surface area contributed by atoms with Gasteiger partial charge in [-0.2, -0.15) is 0 Å². The number of aromatic nitrogens is 1. The molecule has 0 radical (unpaired) electrons. The fourth-order valence-corrected chi connectivity index (χ4v) is 2.85. The van der Waals surface area contributed by atoms with Crippen LogP contribution in [-0.4, -0.2) is 47.2 Å². The molecule has 0 amide bonds. The lowest BCUT2D eigenvalue weighted by Gasteiger charge is -2.24. The first-order valence-corrected chi connectivity index (χ1v) is 7.50. The summed E-state index contributed by atoms with van der Waals surface area (Å²) in [5.74, 6) is 0.952. The van der Waals surface area contributed by atoms with Crippen molar-refractivity contribution in [3.05, 3.63) is 35.5 Å². The number of nitrogens with one attached hydrogen (secondary N) is 2. The molecule has 2 aromatic rings. The number of benzene rings is 1. The van der Waals surface area contributed by atoms with E-state index in [-0.39, 0.29) is 32.0 Å². The third-order valence-corrected chi connectivity index (χ3v) is 3.92. The maximum Gasteiger partial charge on any atom is 1.00 e. The molecule has 3 rings (SSSR count). The van der Waals surface area contributed by atoms with Crippen LogP contribution in [0.2, 0.25) is 0 Å². The summed E-state index contributed by atoms with van der Waals surface area (Å²) in [6.07, 6.45) is 0.752. The first-order chi connectivity index (χ1) is 10.3. The number of H-pyrrole nitrogens is 1. The molecule has 0 aliphatic carbocycles. The van der Waals surface area contributed by atoms with Crippen molar-refractivity contribution in [3.63, 3.8) is 0 Å². The normalized spacial score (nSPS) is 13.6. The van der Waals surface area contributed by atoms with Crippen molar-refractivity contribution in [2.75, 3.05) is 26.2 Å². The topological polar surface area (TPSA) is 63.7 Å². The molecule has 6 heteroatoms. The van der Waals surface area contributed by atoms with Gasteiger partial charge in [0, 0.05) is 42.8 Å². The number of aromatic amines is 1. The van der Waals surface area contributed by atoms with Crippen LogP contribution in [0, 0.1) is 6.92 Å². The molecule has 1 aliphatic heterocycles. The highest BCUT2D eigenvalue weighted by atomic mass is 127. The van der Waals surface area contributed by atoms with Gasteiger partial charge < -0.3 is 44.3 Å². The molecule has 120 valence electrons. The third-order valence-electron chi connectivity index (χ3n) is 3.92. The van der Waals surface area contributed by atoms with E-state index in [9.17, 15) is 0 Å². The second-order valence-electron chi connectivity index (χ2n) is 5.40. The van der Waals surface area contributed by atoms with E-state index in [0.29, 0.717) is 0 Å². The Morgan fingerprint density at radius 2 is 2.18 bits per heavy atom. The van der Waals surface area contributed by atoms with E-state index in [2.05, 4.69) is 45.3 Å². The molecule has 1 aromatic carbocycles. The lowest BCUT2D eigenvalue weighted by atomic mass is 10.1. The van der Waals surface area contributed by atoms with Crippen molar-refractivity contribution in [2.24, 2.45) is 4.99 Å². The van der Waals surface area contributed by atoms with E-state index in [1.54, 1.807) is 0 Å². The van der Waals surface area contributed by atoms with Crippen LogP contribution in [-0.2, 0) is 6.54 Å². The van der Waals surface area contributed by atoms with E-state index in [4.69, 9.17) is 5.11 Å². The molecule has 0 fully saturated rings. The van der Waals surface area contributed by atoms with Crippen molar-refractivity contribution >= 4 is 16.9 Å². The number of halogens is 1. The Morgan fingerprint density at radius 1 is 1.36 bits per heavy atom. The van der Waals surface area contributed by atoms with Gasteiger partial charge in [-0.25, -0.2) is 0 Å². The number of rotatable bonds is 5. The van der Waals surface area contributed by atoms with Crippen LogP contribution in [0.15, 0.2) is 29.3 Å². The van der Waals surface area contributed by atoms with E-state index in [0.717, 1.165) is 38.6 Å². The fraction of sp³-hybridized carbons (Fsp3) is 0.438. The second kappa shape index (κ2) is 7.82. The zero-order valence-electron chi connectivity index (χ0n) is 13.8. The quantitative estimate of drug-likeness (QED) is 0.536. The van der Waals surface area contributed by atoms with Crippen molar-refractivity contribution < 1.29 is 30.5 Å². The zero-order chi connectivity index (χ0) is 14.7. The molecule has 5 nitrogen and oxygen atoms in total. The summed E-state index contributed by atoms with van der Waals surface area (Å²) >= 11 is 0. The third kappa shape index (κ3) is 3.55. The molecule has 2 heterocycles. The van der Waals surface area contributed by atoms with Gasteiger partial charge in [-0.1, -0.05) is 18.2 Å². The molecule has 0 saturated heterocycles. The van der Waals surface area contributed by atoms with Gasteiger partial charge in [0.25, 0.3) is 0 Å². The van der Waals surface area contributed by atoms with Crippen molar-refractivity contribution in [3.8, 4) is 0 Å². The molecular formula is C16H23IN4O. The molecule has 0 spiro atoms. The van der Waals surface area contributed by atoms with Crippen LogP contribution in [0.25, 0.3) is 10.9 Å². The summed E-state index contributed by atoms with van der Waals surface area (Å²) in [4.78, 5) is 10.2. The Bertz CT molecular complexity index is 659. The summed E-state index contributed by atoms with van der Waals surface area (Å²) in [6, 6.07) is 8.38. The summed E-state index contributed by atoms with van der Waals surface area (Å²) in [5, 5.41) is 13.7. The number of para-hydroxylation sites is 1. The minimum absolute atomic E-state index is 0. The molecule has 0 bridgehead atoms. The molecule has 0 atom stereocenters. The number of aliphatic hydroxyl groups is 1. The first-order valence-electron chi connectivity index (χ1n) is 7.50. The van der Waals surface area contributed by atoms with Gasteiger partial charge in [0.1, 0.15) is 0 Å². The molecule has 1 aromatic heterocycles. The SMILES string of the molecule is Cc1[nH]c2ccccc2c1CN(CCCO)C1=NCCN1.[H+].[I-]. The van der Waals surface area contributed by atoms with Crippen molar-refractivity contribution in [1.29, 1.82) is 0 Å². The molecular weight excluding hydrogens is 391 g/mol. The number of aliphatic hydroxyl groups excluding tert-OH is 1. The molecule has 0 saturated carbocycles. The second-order valence-corrected chi connectivity index (χ2v) is 5.40. The van der Waals surface area contributed by atoms with Gasteiger partial charge in [0.15, 0.2) is 5.96 Å². The number of nitrogens with zero attached hydrogens (tertiary/aromatic N) is 2. The summed E-state index contributed by atoms with van der Waals surface area (Å²) in [6.45, 7) is 5.67. The smallest absolute Gasteiger partial charge is 1.00 e. The summed E-state index contributed by atoms with van der Waals surface area (Å²) in [7, 11) is 0. The standard InChI is InChI=1S/C16H22N4O.HI/c1-12-14(13-5-2-3-6-15(13)19-12)11-20(9-4-10-21)16-17-7-8-18-16;/h2-3,5-6,19,21H,4,7-11H2,1H3,(H,17,18);1H. The minimum atomic E-state index is 0. The van der Waals surface area contributed by atoms with E-state index < -0.39 is 0 Å². The highest BCUT2D eigenvalue weighted by Gasteiger charge is 2.17. The van der Waals surface area contributed by atoms with Crippen LogP contribution < -0.4 is 29.3 Å². The van der Waals surface area contributed by atoms with Crippen LogP contribution in [0.1, 0.15) is 19.1 Å². The maximum absolute atomic E-state index is 9.12. The number of hydrogen-bond donors (Lipinski definition) is 3. The number of fused-ring (bicyclic) bond motifs is 1. The van der Waals surface area contributed by atoms with Gasteiger partial charge >= 0.3 is 1.43 Å². The highest BCUT2D eigenvalue weighted by Crippen LogP contribution is 2.23. The average Bonchev–Trinajstić information content (AvgIpc) is 3.11. The average molecular weight is 414 g/mol. The number of guanidine groups is 1. The fourth-order valence-electron chi connectivity index (χ4n) is 2.85. The number of hydrogen-bond acceptors (Lipinski definition) is 4. The maximum atomic E-state index is 9.12. The highest BCUT2D eigenvalue weighted by molar-refractivity contribution is 5.86. The lowest BCUT2D eigenvalue weighted by Crippen LogP contribution is -3.00. The zero-order valence-corrected chi connectivity index (χ0v) is 14.9. The Morgan fingerprint density at radius 3 is 2.91 bits per heavy atom. The number of aryl methyl sites for hydroxylation is 1. The van der Waals surface area contributed by atoms with Crippen LogP contribution in [0.5, 0.6) is 0 Å². The Kier molecular flexibility index (Phi) is 6.07. The Labute approximate surface area is 149 Å². The van der Waals surface area contributed by atoms with Gasteiger partial charge in [-0.3, -0.25) is 4.99 Å². The molecule has 22 heavy (non-hydrogen) atoms. The minimum Gasteiger partial charge on any atom is -1.00 e. The molecule has 1 aliphatic rings. The lowest BCUT2D eigenvalue weighted by molar-refractivity contribution is -0.00000570. The Balaban J connectivity index is 0.00000132. The van der Waals surface area contributed by atoms with E-state index in [1.165, 1.54) is 22.2 Å². The van der Waals surface area contributed by atoms with Crippen molar-refractivity contribution in [2.45, 2.75) is 19.9 Å². The van der Waals surface area contributed by atoms with Crippen LogP contribution in [0.4, 0.5) is 0 Å². The van der Waals surface area contributed by atoms with Gasteiger partial charge in [-0.05, 0) is 25.0 Å².